The number of rotatable bonds is 7. The van der Waals surface area contributed by atoms with Gasteiger partial charge in [-0.05, 0) is 19.4 Å². The van der Waals surface area contributed by atoms with E-state index in [2.05, 4.69) is 27.2 Å². The minimum atomic E-state index is -0.538. The Bertz CT molecular complexity index is 764. The lowest BCUT2D eigenvalue weighted by Crippen LogP contribution is -2.39. The highest BCUT2D eigenvalue weighted by Crippen LogP contribution is 2.25. The molecule has 2 heterocycles. The van der Waals surface area contributed by atoms with Crippen molar-refractivity contribution in [3.63, 3.8) is 0 Å². The van der Waals surface area contributed by atoms with Gasteiger partial charge in [0.05, 0.1) is 23.2 Å². The molecule has 0 bridgehead atoms. The smallest absolute Gasteiger partial charge is 0.254 e. The average molecular weight is 346 g/mol. The number of pyridine rings is 1. The van der Waals surface area contributed by atoms with Gasteiger partial charge in [0.25, 0.3) is 5.91 Å². The van der Waals surface area contributed by atoms with Gasteiger partial charge in [-0.2, -0.15) is 4.98 Å². The Kier molecular flexibility index (Phi) is 5.73. The van der Waals surface area contributed by atoms with Gasteiger partial charge in [0, 0.05) is 20.3 Å². The van der Waals surface area contributed by atoms with Crippen LogP contribution >= 0.6 is 0 Å². The lowest BCUT2D eigenvalue weighted by Gasteiger charge is -2.29. The molecule has 1 unspecified atom stereocenters. The molecule has 25 heavy (non-hydrogen) atoms. The second-order valence-corrected chi connectivity index (χ2v) is 6.67. The van der Waals surface area contributed by atoms with Crippen molar-refractivity contribution in [1.29, 1.82) is 0 Å². The molecule has 0 radical (unpaired) electrons. The number of nitrogen functional groups attached to an aromatic ring is 1. The highest BCUT2D eigenvalue weighted by molar-refractivity contribution is 5.98. The Morgan fingerprint density at radius 3 is 2.72 bits per heavy atom. The molecule has 0 aliphatic carbocycles. The molecule has 0 saturated heterocycles. The van der Waals surface area contributed by atoms with E-state index in [1.165, 1.54) is 11.1 Å². The molecule has 4 N–H and O–H groups in total. The first-order chi connectivity index (χ1) is 11.8. The number of unbranched alkanes of at least 4 members (excludes halogenated alkanes) is 1. The van der Waals surface area contributed by atoms with E-state index in [4.69, 9.17) is 5.73 Å². The fourth-order valence-electron chi connectivity index (χ4n) is 2.53. The summed E-state index contributed by atoms with van der Waals surface area (Å²) in [6.07, 6.45) is 4.27. The average Bonchev–Trinajstić information content (AvgIpc) is 2.58. The number of nitrogens with two attached hydrogens (primary N) is 1. The standard InChI is InChI=1S/C17H26N6O2/c1-5-6-7-17(2,10-24)22-14-13-12(20-16(18)21-14)8-11(9-19-13)15(25)23(3)4/h8-9,24H,5-7,10H2,1-4H3,(H3,18,20,21,22). The van der Waals surface area contributed by atoms with Gasteiger partial charge in [-0.25, -0.2) is 9.97 Å². The predicted octanol–water partition coefficient (Wildman–Crippen LogP) is 1.66. The molecule has 1 amide bonds. The van der Waals surface area contributed by atoms with Gasteiger partial charge in [0.15, 0.2) is 5.82 Å². The summed E-state index contributed by atoms with van der Waals surface area (Å²) in [6.45, 7) is 3.98. The molecule has 0 aromatic carbocycles. The van der Waals surface area contributed by atoms with E-state index in [0.29, 0.717) is 22.4 Å². The van der Waals surface area contributed by atoms with Crippen LogP contribution in [-0.2, 0) is 0 Å². The van der Waals surface area contributed by atoms with Crippen molar-refractivity contribution in [2.75, 3.05) is 31.8 Å². The van der Waals surface area contributed by atoms with Crippen molar-refractivity contribution in [2.24, 2.45) is 0 Å². The minimum absolute atomic E-state index is 0.0460. The predicted molar refractivity (Wildman–Crippen MR) is 98.4 cm³/mol. The molecule has 136 valence electrons. The first kappa shape index (κ1) is 18.9. The van der Waals surface area contributed by atoms with Crippen LogP contribution < -0.4 is 11.1 Å². The molecule has 0 aliphatic rings. The number of nitrogens with one attached hydrogen (secondary N) is 1. The van der Waals surface area contributed by atoms with Crippen LogP contribution in [0.3, 0.4) is 0 Å². The molecular weight excluding hydrogens is 320 g/mol. The number of amides is 1. The van der Waals surface area contributed by atoms with E-state index in [-0.39, 0.29) is 18.5 Å². The van der Waals surface area contributed by atoms with Crippen LogP contribution in [0.5, 0.6) is 0 Å². The van der Waals surface area contributed by atoms with Crippen LogP contribution in [0.25, 0.3) is 11.0 Å². The van der Waals surface area contributed by atoms with Gasteiger partial charge in [0.2, 0.25) is 5.95 Å². The number of aliphatic hydroxyl groups is 1. The van der Waals surface area contributed by atoms with E-state index in [1.807, 2.05) is 6.92 Å². The lowest BCUT2D eigenvalue weighted by molar-refractivity contribution is 0.0827. The largest absolute Gasteiger partial charge is 0.394 e. The van der Waals surface area contributed by atoms with Gasteiger partial charge in [0.1, 0.15) is 5.52 Å². The number of aromatic nitrogens is 3. The minimum Gasteiger partial charge on any atom is -0.394 e. The zero-order valence-corrected chi connectivity index (χ0v) is 15.2. The van der Waals surface area contributed by atoms with Gasteiger partial charge >= 0.3 is 0 Å². The Balaban J connectivity index is 2.45. The number of carbonyl (C=O) groups excluding carboxylic acids is 1. The van der Waals surface area contributed by atoms with Crippen LogP contribution in [0.1, 0.15) is 43.5 Å². The maximum absolute atomic E-state index is 12.1. The topological polar surface area (TPSA) is 117 Å². The third-order valence-corrected chi connectivity index (χ3v) is 4.06. The van der Waals surface area contributed by atoms with Crippen LogP contribution in [0, 0.1) is 0 Å². The molecule has 2 aromatic rings. The summed E-state index contributed by atoms with van der Waals surface area (Å²) < 4.78 is 0. The van der Waals surface area contributed by atoms with Gasteiger partial charge in [-0.15, -0.1) is 0 Å². The number of carbonyl (C=O) groups is 1. The maximum atomic E-state index is 12.1. The molecule has 0 fully saturated rings. The van der Waals surface area contributed by atoms with Gasteiger partial charge in [-0.3, -0.25) is 4.79 Å². The van der Waals surface area contributed by atoms with Crippen molar-refractivity contribution in [3.05, 3.63) is 17.8 Å². The first-order valence-corrected chi connectivity index (χ1v) is 8.33. The normalized spacial score (nSPS) is 13.5. The molecule has 0 aliphatic heterocycles. The van der Waals surface area contributed by atoms with E-state index in [9.17, 15) is 9.90 Å². The van der Waals surface area contributed by atoms with E-state index in [1.54, 1.807) is 20.2 Å². The summed E-state index contributed by atoms with van der Waals surface area (Å²) in [4.78, 5) is 26.4. The molecule has 2 aromatic heterocycles. The summed E-state index contributed by atoms with van der Waals surface area (Å²) in [5, 5.41) is 13.0. The van der Waals surface area contributed by atoms with Crippen molar-refractivity contribution >= 4 is 28.7 Å². The number of fused-ring (bicyclic) bond motifs is 1. The molecule has 8 nitrogen and oxygen atoms in total. The van der Waals surface area contributed by atoms with Crippen LogP contribution in [0.2, 0.25) is 0 Å². The lowest BCUT2D eigenvalue weighted by atomic mass is 9.96. The zero-order valence-electron chi connectivity index (χ0n) is 15.2. The number of nitrogens with zero attached hydrogens (tertiary/aromatic N) is 4. The highest BCUT2D eigenvalue weighted by Gasteiger charge is 2.25. The van der Waals surface area contributed by atoms with Crippen molar-refractivity contribution in [3.8, 4) is 0 Å². The summed E-state index contributed by atoms with van der Waals surface area (Å²) >= 11 is 0. The van der Waals surface area contributed by atoms with Crippen LogP contribution in [-0.4, -0.2) is 57.1 Å². The van der Waals surface area contributed by atoms with Crippen molar-refractivity contribution in [2.45, 2.75) is 38.6 Å². The molecule has 8 heteroatoms. The van der Waals surface area contributed by atoms with E-state index < -0.39 is 5.54 Å². The number of hydrogen-bond acceptors (Lipinski definition) is 7. The van der Waals surface area contributed by atoms with Crippen LogP contribution in [0.4, 0.5) is 11.8 Å². The molecule has 2 rings (SSSR count). The maximum Gasteiger partial charge on any atom is 0.254 e. The highest BCUT2D eigenvalue weighted by atomic mass is 16.3. The zero-order chi connectivity index (χ0) is 18.6. The number of hydrogen-bond donors (Lipinski definition) is 3. The second kappa shape index (κ2) is 7.60. The summed E-state index contributed by atoms with van der Waals surface area (Å²) in [7, 11) is 3.35. The molecule has 1 atom stereocenters. The fraction of sp³-hybridized carbons (Fsp3) is 0.529. The van der Waals surface area contributed by atoms with Gasteiger partial charge in [-0.1, -0.05) is 19.8 Å². The van der Waals surface area contributed by atoms with E-state index in [0.717, 1.165) is 19.3 Å². The Morgan fingerprint density at radius 2 is 2.12 bits per heavy atom. The van der Waals surface area contributed by atoms with Crippen molar-refractivity contribution < 1.29 is 9.90 Å². The van der Waals surface area contributed by atoms with Crippen LogP contribution in [0.15, 0.2) is 12.3 Å². The number of aliphatic hydroxyl groups excluding tert-OH is 1. The van der Waals surface area contributed by atoms with Gasteiger partial charge < -0.3 is 21.1 Å². The van der Waals surface area contributed by atoms with E-state index >= 15 is 0 Å². The Morgan fingerprint density at radius 1 is 1.40 bits per heavy atom. The summed E-state index contributed by atoms with van der Waals surface area (Å²) in [5.41, 5.74) is 6.71. The second-order valence-electron chi connectivity index (χ2n) is 6.67. The summed E-state index contributed by atoms with van der Waals surface area (Å²) in [5.74, 6) is 0.380. The fourth-order valence-corrected chi connectivity index (χ4v) is 2.53. The van der Waals surface area contributed by atoms with Crippen molar-refractivity contribution in [1.82, 2.24) is 19.9 Å². The summed E-state index contributed by atoms with van der Waals surface area (Å²) in [6, 6.07) is 1.65. The SMILES string of the molecule is CCCCC(C)(CO)Nc1nc(N)nc2cc(C(=O)N(C)C)cnc12. The Labute approximate surface area is 147 Å². The molecular formula is C17H26N6O2. The monoisotopic (exact) mass is 346 g/mol. The quantitative estimate of drug-likeness (QED) is 0.698. The molecule has 0 spiro atoms. The Hall–Kier alpha value is -2.48. The third kappa shape index (κ3) is 4.33. The first-order valence-electron chi connectivity index (χ1n) is 8.33. The third-order valence-electron chi connectivity index (χ3n) is 4.06. The number of anilines is 2. The molecule has 0 saturated carbocycles.